The highest BCUT2D eigenvalue weighted by molar-refractivity contribution is 7.19. The Kier molecular flexibility index (Phi) is 3.77. The lowest BCUT2D eigenvalue weighted by atomic mass is 10.1. The summed E-state index contributed by atoms with van der Waals surface area (Å²) in [6, 6.07) is 8.45. The van der Waals surface area contributed by atoms with Crippen molar-refractivity contribution in [2.75, 3.05) is 5.32 Å². The van der Waals surface area contributed by atoms with Crippen LogP contribution in [0.2, 0.25) is 0 Å². The second-order valence-electron chi connectivity index (χ2n) is 6.36. The molecular formula is C19H21N3S. The van der Waals surface area contributed by atoms with E-state index in [0.29, 0.717) is 0 Å². The first-order chi connectivity index (χ1) is 11.2. The van der Waals surface area contributed by atoms with Gasteiger partial charge in [-0.15, -0.1) is 11.3 Å². The lowest BCUT2D eigenvalue weighted by Crippen LogP contribution is -1.99. The number of rotatable bonds is 2. The van der Waals surface area contributed by atoms with E-state index in [-0.39, 0.29) is 0 Å². The summed E-state index contributed by atoms with van der Waals surface area (Å²) in [6.45, 7) is 4.09. The molecular weight excluding hydrogens is 302 g/mol. The van der Waals surface area contributed by atoms with Crippen molar-refractivity contribution in [3.8, 4) is 0 Å². The van der Waals surface area contributed by atoms with Crippen LogP contribution < -0.4 is 5.32 Å². The number of aryl methyl sites for hydroxylation is 4. The average molecular weight is 323 g/mol. The first-order valence-corrected chi connectivity index (χ1v) is 9.15. The molecule has 1 N–H and O–H groups in total. The van der Waals surface area contributed by atoms with Crippen molar-refractivity contribution in [2.24, 2.45) is 0 Å². The molecule has 0 spiro atoms. The Labute approximate surface area is 140 Å². The Hall–Kier alpha value is -1.94. The number of benzene rings is 1. The van der Waals surface area contributed by atoms with Crippen LogP contribution in [0.3, 0.4) is 0 Å². The minimum absolute atomic E-state index is 0.837. The van der Waals surface area contributed by atoms with Crippen molar-refractivity contribution < 1.29 is 0 Å². The van der Waals surface area contributed by atoms with Crippen LogP contribution in [-0.4, -0.2) is 9.97 Å². The van der Waals surface area contributed by atoms with Crippen molar-refractivity contribution in [1.82, 2.24) is 9.97 Å². The molecule has 1 aliphatic rings. The molecule has 3 aromatic rings. The molecule has 0 saturated heterocycles. The summed E-state index contributed by atoms with van der Waals surface area (Å²) in [5.74, 6) is 1.81. The van der Waals surface area contributed by atoms with Gasteiger partial charge in [-0.2, -0.15) is 0 Å². The molecule has 0 amide bonds. The largest absolute Gasteiger partial charge is 0.340 e. The minimum atomic E-state index is 0.837. The maximum atomic E-state index is 4.72. The van der Waals surface area contributed by atoms with Crippen LogP contribution in [0.5, 0.6) is 0 Å². The Morgan fingerprint density at radius 2 is 1.91 bits per heavy atom. The molecule has 23 heavy (non-hydrogen) atoms. The van der Waals surface area contributed by atoms with Crippen molar-refractivity contribution in [3.63, 3.8) is 0 Å². The van der Waals surface area contributed by atoms with Crippen LogP contribution >= 0.6 is 11.3 Å². The van der Waals surface area contributed by atoms with Gasteiger partial charge in [0, 0.05) is 10.6 Å². The fourth-order valence-corrected chi connectivity index (χ4v) is 4.70. The topological polar surface area (TPSA) is 37.8 Å². The van der Waals surface area contributed by atoms with Crippen LogP contribution in [0.25, 0.3) is 10.2 Å². The molecule has 1 aromatic carbocycles. The monoisotopic (exact) mass is 323 g/mol. The second-order valence-corrected chi connectivity index (χ2v) is 7.44. The average Bonchev–Trinajstić information content (AvgIpc) is 2.69. The van der Waals surface area contributed by atoms with E-state index in [0.717, 1.165) is 28.6 Å². The third-order valence-corrected chi connectivity index (χ3v) is 5.64. The summed E-state index contributed by atoms with van der Waals surface area (Å²) >= 11 is 1.86. The van der Waals surface area contributed by atoms with Gasteiger partial charge in [-0.1, -0.05) is 18.6 Å². The van der Waals surface area contributed by atoms with E-state index in [1.54, 1.807) is 0 Å². The van der Waals surface area contributed by atoms with Crippen LogP contribution in [-0.2, 0) is 12.8 Å². The van der Waals surface area contributed by atoms with Crippen LogP contribution in [0.4, 0.5) is 11.5 Å². The highest BCUT2D eigenvalue weighted by Gasteiger charge is 2.19. The molecule has 4 rings (SSSR count). The van der Waals surface area contributed by atoms with Crippen LogP contribution in [0, 0.1) is 13.8 Å². The van der Waals surface area contributed by atoms with E-state index in [2.05, 4.69) is 36.5 Å². The molecule has 0 saturated carbocycles. The molecule has 0 radical (unpaired) electrons. The third-order valence-electron chi connectivity index (χ3n) is 4.46. The van der Waals surface area contributed by atoms with E-state index in [4.69, 9.17) is 9.97 Å². The zero-order valence-corrected chi connectivity index (χ0v) is 14.5. The molecule has 0 unspecified atom stereocenters. The number of anilines is 2. The normalized spacial score (nSPS) is 14.5. The summed E-state index contributed by atoms with van der Waals surface area (Å²) in [7, 11) is 0. The zero-order chi connectivity index (χ0) is 15.8. The standard InChI is InChI=1S/C19H21N3S/c1-12-7-6-8-14(11-12)22-18-17-15-9-4-3-5-10-16(15)23-19(17)21-13(2)20-18/h6-8,11H,3-5,9-10H2,1-2H3,(H,20,21,22). The molecule has 1 aliphatic carbocycles. The maximum Gasteiger partial charge on any atom is 0.143 e. The van der Waals surface area contributed by atoms with Gasteiger partial charge in [0.05, 0.1) is 5.39 Å². The van der Waals surface area contributed by atoms with E-state index < -0.39 is 0 Å². The van der Waals surface area contributed by atoms with Crippen LogP contribution in [0.15, 0.2) is 24.3 Å². The van der Waals surface area contributed by atoms with Crippen molar-refractivity contribution in [1.29, 1.82) is 0 Å². The predicted molar refractivity (Wildman–Crippen MR) is 97.9 cm³/mol. The molecule has 4 heteroatoms. The molecule has 3 nitrogen and oxygen atoms in total. The van der Waals surface area contributed by atoms with Gasteiger partial charge in [0.1, 0.15) is 16.5 Å². The highest BCUT2D eigenvalue weighted by atomic mass is 32.1. The summed E-state index contributed by atoms with van der Waals surface area (Å²) in [5.41, 5.74) is 3.83. The molecule has 0 fully saturated rings. The van der Waals surface area contributed by atoms with Gasteiger partial charge in [0.15, 0.2) is 0 Å². The number of hydrogen-bond acceptors (Lipinski definition) is 4. The van der Waals surface area contributed by atoms with E-state index >= 15 is 0 Å². The van der Waals surface area contributed by atoms with Gasteiger partial charge >= 0.3 is 0 Å². The highest BCUT2D eigenvalue weighted by Crippen LogP contribution is 2.38. The zero-order valence-electron chi connectivity index (χ0n) is 13.6. The van der Waals surface area contributed by atoms with Crippen molar-refractivity contribution >= 4 is 33.1 Å². The Balaban J connectivity index is 1.86. The molecule has 0 aliphatic heterocycles. The first kappa shape index (κ1) is 14.6. The molecule has 0 bridgehead atoms. The quantitative estimate of drug-likeness (QED) is 0.649. The molecule has 2 heterocycles. The van der Waals surface area contributed by atoms with Crippen molar-refractivity contribution in [2.45, 2.75) is 46.0 Å². The number of thiophene rings is 1. The fourth-order valence-electron chi connectivity index (χ4n) is 3.39. The van der Waals surface area contributed by atoms with Gasteiger partial charge in [0.25, 0.3) is 0 Å². The number of nitrogens with zero attached hydrogens (tertiary/aromatic N) is 2. The summed E-state index contributed by atoms with van der Waals surface area (Å²) in [4.78, 5) is 12.1. The summed E-state index contributed by atoms with van der Waals surface area (Å²) in [5, 5.41) is 4.79. The van der Waals surface area contributed by atoms with Crippen LogP contribution in [0.1, 0.15) is 41.1 Å². The third kappa shape index (κ3) is 2.83. The Morgan fingerprint density at radius 1 is 1.04 bits per heavy atom. The van der Waals surface area contributed by atoms with Gasteiger partial charge in [-0.05, 0) is 62.8 Å². The van der Waals surface area contributed by atoms with Gasteiger partial charge in [0.2, 0.25) is 0 Å². The van der Waals surface area contributed by atoms with E-state index in [9.17, 15) is 0 Å². The number of hydrogen-bond donors (Lipinski definition) is 1. The van der Waals surface area contributed by atoms with E-state index in [1.807, 2.05) is 18.3 Å². The van der Waals surface area contributed by atoms with Crippen molar-refractivity contribution in [3.05, 3.63) is 46.1 Å². The number of aromatic nitrogens is 2. The number of fused-ring (bicyclic) bond motifs is 3. The molecule has 0 atom stereocenters. The molecule has 2 aromatic heterocycles. The van der Waals surface area contributed by atoms with Gasteiger partial charge in [-0.3, -0.25) is 0 Å². The van der Waals surface area contributed by atoms with Gasteiger partial charge < -0.3 is 5.32 Å². The second kappa shape index (κ2) is 5.93. The van der Waals surface area contributed by atoms with E-state index in [1.165, 1.54) is 47.1 Å². The minimum Gasteiger partial charge on any atom is -0.340 e. The maximum absolute atomic E-state index is 4.72. The fraction of sp³-hybridized carbons (Fsp3) is 0.368. The summed E-state index contributed by atoms with van der Waals surface area (Å²) < 4.78 is 0. The Morgan fingerprint density at radius 3 is 2.78 bits per heavy atom. The first-order valence-electron chi connectivity index (χ1n) is 8.33. The lowest BCUT2D eigenvalue weighted by Gasteiger charge is -2.10. The SMILES string of the molecule is Cc1cccc(Nc2nc(C)nc3sc4c(c23)CCCCC4)c1. The summed E-state index contributed by atoms with van der Waals surface area (Å²) in [6.07, 6.45) is 6.25. The van der Waals surface area contributed by atoms with Gasteiger partial charge in [-0.25, -0.2) is 9.97 Å². The number of nitrogens with one attached hydrogen (secondary N) is 1. The smallest absolute Gasteiger partial charge is 0.143 e. The predicted octanol–water partition coefficient (Wildman–Crippen LogP) is 5.32. The molecule has 118 valence electrons. The Bertz CT molecular complexity index is 866. The lowest BCUT2D eigenvalue weighted by molar-refractivity contribution is 0.713.